The maximum atomic E-state index is 13.2. The van der Waals surface area contributed by atoms with Crippen molar-refractivity contribution in [2.75, 3.05) is 12.3 Å². The van der Waals surface area contributed by atoms with E-state index in [1.807, 2.05) is 19.9 Å². The number of imide groups is 1. The van der Waals surface area contributed by atoms with Crippen LogP contribution in [-0.4, -0.2) is 33.8 Å². The molecule has 1 heterocycles. The Kier molecular flexibility index (Phi) is 7.63. The summed E-state index contributed by atoms with van der Waals surface area (Å²) in [5, 5.41) is 14.7. The molecule has 3 rings (SSSR count). The predicted molar refractivity (Wildman–Crippen MR) is 124 cm³/mol. The average Bonchev–Trinajstić information content (AvgIpc) is 2.77. The highest BCUT2D eigenvalue weighted by Gasteiger charge is 2.16. The summed E-state index contributed by atoms with van der Waals surface area (Å²) in [4.78, 5) is 41.9. The molecule has 0 saturated carbocycles. The van der Waals surface area contributed by atoms with Crippen LogP contribution < -0.4 is 16.2 Å². The summed E-state index contributed by atoms with van der Waals surface area (Å²) in [5.74, 6) is -0.149. The van der Waals surface area contributed by atoms with Crippen molar-refractivity contribution in [1.82, 2.24) is 20.2 Å². The van der Waals surface area contributed by atoms with Crippen LogP contribution in [0.2, 0.25) is 0 Å². The molecule has 0 aliphatic rings. The standard InChI is InChI=1S/C23H23N5O3S/c1-15(2)11-12-25-22(31)27-20(29)14-32-23-26-19-6-4-3-5-18(19)21(30)28(23)17-9-7-16(13-24)8-10-17/h3-10,15H,11-12,14H2,1-2H3,(H2,25,27,29,31). The van der Waals surface area contributed by atoms with Crippen molar-refractivity contribution in [2.45, 2.75) is 25.4 Å². The van der Waals surface area contributed by atoms with Crippen molar-refractivity contribution >= 4 is 34.6 Å². The lowest BCUT2D eigenvalue weighted by Gasteiger charge is -2.13. The van der Waals surface area contributed by atoms with E-state index in [1.165, 1.54) is 4.57 Å². The van der Waals surface area contributed by atoms with E-state index in [9.17, 15) is 14.4 Å². The molecule has 0 saturated heterocycles. The molecule has 0 unspecified atom stereocenters. The van der Waals surface area contributed by atoms with Gasteiger partial charge in [-0.05, 0) is 48.7 Å². The summed E-state index contributed by atoms with van der Waals surface area (Å²) in [5.41, 5.74) is 1.22. The van der Waals surface area contributed by atoms with Crippen LogP contribution in [0.25, 0.3) is 16.6 Å². The number of nitriles is 1. The third-order valence-corrected chi connectivity index (χ3v) is 5.53. The number of nitrogens with zero attached hydrogens (tertiary/aromatic N) is 3. The van der Waals surface area contributed by atoms with E-state index in [2.05, 4.69) is 15.6 Å². The molecule has 1 aromatic heterocycles. The second-order valence-electron chi connectivity index (χ2n) is 7.49. The number of carbonyl (C=O) groups excluding carboxylic acids is 2. The molecule has 3 amide bonds. The molecule has 164 valence electrons. The molecule has 2 aromatic carbocycles. The van der Waals surface area contributed by atoms with E-state index in [4.69, 9.17) is 5.26 Å². The van der Waals surface area contributed by atoms with Crippen molar-refractivity contribution in [3.63, 3.8) is 0 Å². The molecule has 32 heavy (non-hydrogen) atoms. The number of nitrogens with one attached hydrogen (secondary N) is 2. The van der Waals surface area contributed by atoms with Crippen molar-refractivity contribution in [2.24, 2.45) is 5.92 Å². The summed E-state index contributed by atoms with van der Waals surface area (Å²) in [7, 11) is 0. The van der Waals surface area contributed by atoms with E-state index >= 15 is 0 Å². The SMILES string of the molecule is CC(C)CCNC(=O)NC(=O)CSc1nc2ccccc2c(=O)n1-c1ccc(C#N)cc1. The monoisotopic (exact) mass is 449 g/mol. The maximum Gasteiger partial charge on any atom is 0.321 e. The molecule has 0 aliphatic carbocycles. The molecule has 2 N–H and O–H groups in total. The topological polar surface area (TPSA) is 117 Å². The molecule has 0 bridgehead atoms. The molecule has 0 atom stereocenters. The van der Waals surface area contributed by atoms with Gasteiger partial charge in [0.15, 0.2) is 5.16 Å². The lowest BCUT2D eigenvalue weighted by molar-refractivity contribution is -0.117. The summed E-state index contributed by atoms with van der Waals surface area (Å²) in [6, 6.07) is 15.0. The second kappa shape index (κ2) is 10.6. The zero-order valence-electron chi connectivity index (χ0n) is 17.8. The average molecular weight is 450 g/mol. The fraction of sp³-hybridized carbons (Fsp3) is 0.261. The number of fused-ring (bicyclic) bond motifs is 1. The number of para-hydroxylation sites is 1. The number of hydrogen-bond donors (Lipinski definition) is 2. The second-order valence-corrected chi connectivity index (χ2v) is 8.43. The Labute approximate surface area is 189 Å². The van der Waals surface area contributed by atoms with Crippen LogP contribution in [0.3, 0.4) is 0 Å². The zero-order valence-corrected chi connectivity index (χ0v) is 18.6. The Morgan fingerprint density at radius 1 is 1.16 bits per heavy atom. The highest BCUT2D eigenvalue weighted by molar-refractivity contribution is 7.99. The van der Waals surface area contributed by atoms with Crippen molar-refractivity contribution in [3.05, 3.63) is 64.4 Å². The molecule has 0 radical (unpaired) electrons. The first kappa shape index (κ1) is 23.0. The van der Waals surface area contributed by atoms with Crippen LogP contribution in [0, 0.1) is 17.2 Å². The quantitative estimate of drug-likeness (QED) is 0.423. The third-order valence-electron chi connectivity index (χ3n) is 4.59. The van der Waals surface area contributed by atoms with E-state index in [1.54, 1.807) is 48.5 Å². The first-order valence-corrected chi connectivity index (χ1v) is 11.1. The van der Waals surface area contributed by atoms with Crippen LogP contribution in [-0.2, 0) is 4.79 Å². The normalized spacial score (nSPS) is 10.7. The first-order valence-electron chi connectivity index (χ1n) is 10.1. The van der Waals surface area contributed by atoms with E-state index in [0.29, 0.717) is 39.8 Å². The van der Waals surface area contributed by atoms with Gasteiger partial charge in [0.25, 0.3) is 5.56 Å². The van der Waals surface area contributed by atoms with Gasteiger partial charge >= 0.3 is 6.03 Å². The van der Waals surface area contributed by atoms with Crippen LogP contribution in [0.4, 0.5) is 4.79 Å². The molecule has 8 nitrogen and oxygen atoms in total. The molecular formula is C23H23N5O3S. The van der Waals surface area contributed by atoms with Gasteiger partial charge in [-0.3, -0.25) is 19.5 Å². The number of thioether (sulfide) groups is 1. The third kappa shape index (κ3) is 5.74. The van der Waals surface area contributed by atoms with E-state index in [0.717, 1.165) is 18.2 Å². The van der Waals surface area contributed by atoms with Gasteiger partial charge in [0.2, 0.25) is 5.91 Å². The van der Waals surface area contributed by atoms with Gasteiger partial charge in [0.05, 0.1) is 34.0 Å². The van der Waals surface area contributed by atoms with E-state index in [-0.39, 0.29) is 11.3 Å². The lowest BCUT2D eigenvalue weighted by Crippen LogP contribution is -2.41. The Balaban J connectivity index is 1.82. The molecular weight excluding hydrogens is 426 g/mol. The minimum Gasteiger partial charge on any atom is -0.338 e. The number of hydrogen-bond acceptors (Lipinski definition) is 6. The zero-order chi connectivity index (χ0) is 23.1. The van der Waals surface area contributed by atoms with Gasteiger partial charge in [-0.2, -0.15) is 5.26 Å². The number of aromatic nitrogens is 2. The number of carbonyl (C=O) groups is 2. The molecule has 0 fully saturated rings. The van der Waals surface area contributed by atoms with Gasteiger partial charge in [-0.25, -0.2) is 9.78 Å². The Morgan fingerprint density at radius 3 is 2.56 bits per heavy atom. The number of amides is 3. The van der Waals surface area contributed by atoms with Crippen molar-refractivity contribution in [3.8, 4) is 11.8 Å². The number of urea groups is 1. The van der Waals surface area contributed by atoms with Crippen LogP contribution >= 0.6 is 11.8 Å². The van der Waals surface area contributed by atoms with Gasteiger partial charge in [0.1, 0.15) is 0 Å². The maximum absolute atomic E-state index is 13.2. The van der Waals surface area contributed by atoms with Crippen molar-refractivity contribution in [1.29, 1.82) is 5.26 Å². The molecule has 9 heteroatoms. The Bertz CT molecular complexity index is 1230. The minimum absolute atomic E-state index is 0.0986. The molecule has 3 aromatic rings. The smallest absolute Gasteiger partial charge is 0.321 e. The summed E-state index contributed by atoms with van der Waals surface area (Å²) >= 11 is 1.05. The first-order chi connectivity index (χ1) is 15.4. The highest BCUT2D eigenvalue weighted by atomic mass is 32.2. The molecule has 0 aliphatic heterocycles. The Morgan fingerprint density at radius 2 is 1.88 bits per heavy atom. The van der Waals surface area contributed by atoms with Gasteiger partial charge in [-0.1, -0.05) is 37.7 Å². The van der Waals surface area contributed by atoms with Crippen molar-refractivity contribution < 1.29 is 9.59 Å². The van der Waals surface area contributed by atoms with Gasteiger partial charge in [-0.15, -0.1) is 0 Å². The summed E-state index contributed by atoms with van der Waals surface area (Å²) in [6.07, 6.45) is 0.814. The largest absolute Gasteiger partial charge is 0.338 e. The summed E-state index contributed by atoms with van der Waals surface area (Å²) < 4.78 is 1.41. The van der Waals surface area contributed by atoms with Gasteiger partial charge < -0.3 is 5.32 Å². The number of benzene rings is 2. The summed E-state index contributed by atoms with van der Waals surface area (Å²) in [6.45, 7) is 4.57. The Hall–Kier alpha value is -3.64. The lowest BCUT2D eigenvalue weighted by atomic mass is 10.1. The van der Waals surface area contributed by atoms with Crippen LogP contribution in [0.1, 0.15) is 25.8 Å². The fourth-order valence-corrected chi connectivity index (χ4v) is 3.75. The van der Waals surface area contributed by atoms with Crippen LogP contribution in [0.5, 0.6) is 0 Å². The van der Waals surface area contributed by atoms with Gasteiger partial charge in [0, 0.05) is 6.54 Å². The fourth-order valence-electron chi connectivity index (χ4n) is 2.93. The minimum atomic E-state index is -0.549. The van der Waals surface area contributed by atoms with E-state index < -0.39 is 11.9 Å². The predicted octanol–water partition coefficient (Wildman–Crippen LogP) is 3.22. The highest BCUT2D eigenvalue weighted by Crippen LogP contribution is 2.21. The molecule has 0 spiro atoms. The number of rotatable bonds is 7. The van der Waals surface area contributed by atoms with Crippen LogP contribution in [0.15, 0.2) is 58.5 Å².